The van der Waals surface area contributed by atoms with Crippen molar-refractivity contribution in [1.82, 2.24) is 9.97 Å². The van der Waals surface area contributed by atoms with Gasteiger partial charge < -0.3 is 10.5 Å². The molecule has 15 heavy (non-hydrogen) atoms. The molecule has 0 saturated carbocycles. The molecule has 0 aliphatic rings. The molecule has 0 aliphatic carbocycles. The summed E-state index contributed by atoms with van der Waals surface area (Å²) in [7, 11) is 1.33. The lowest BCUT2D eigenvalue weighted by Gasteiger charge is -2.08. The third-order valence-corrected chi connectivity index (χ3v) is 2.71. The summed E-state index contributed by atoms with van der Waals surface area (Å²) in [4.78, 5) is 18.8. The quantitative estimate of drug-likeness (QED) is 0.494. The summed E-state index contributed by atoms with van der Waals surface area (Å²) < 4.78 is 4.58. The number of thioether (sulfide) groups is 1. The average molecular weight is 248 g/mol. The number of hydrogen-bond donors (Lipinski definition) is 1. The van der Waals surface area contributed by atoms with Crippen molar-refractivity contribution >= 4 is 35.3 Å². The molecule has 1 rings (SSSR count). The van der Waals surface area contributed by atoms with E-state index in [4.69, 9.17) is 17.3 Å². The first-order valence-electron chi connectivity index (χ1n) is 4.07. The minimum Gasteiger partial charge on any atom is -0.468 e. The zero-order valence-electron chi connectivity index (χ0n) is 8.23. The monoisotopic (exact) mass is 247 g/mol. The number of nitrogens with zero attached hydrogens (tertiary/aromatic N) is 2. The van der Waals surface area contributed by atoms with Crippen LogP contribution in [0.5, 0.6) is 0 Å². The Kier molecular flexibility index (Phi) is 4.16. The maximum Gasteiger partial charge on any atom is 0.318 e. The van der Waals surface area contributed by atoms with E-state index >= 15 is 0 Å². The van der Waals surface area contributed by atoms with Gasteiger partial charge in [0.1, 0.15) is 15.4 Å². The lowest BCUT2D eigenvalue weighted by molar-refractivity contribution is -0.139. The Bertz CT molecular complexity index is 355. The maximum absolute atomic E-state index is 11.1. The summed E-state index contributed by atoms with van der Waals surface area (Å²) in [6.07, 6.45) is 0. The van der Waals surface area contributed by atoms with Crippen molar-refractivity contribution in [3.05, 3.63) is 11.2 Å². The van der Waals surface area contributed by atoms with Crippen molar-refractivity contribution in [2.24, 2.45) is 0 Å². The van der Waals surface area contributed by atoms with Gasteiger partial charge in [-0.3, -0.25) is 4.79 Å². The Labute approximate surface area is 96.4 Å². The van der Waals surface area contributed by atoms with E-state index < -0.39 is 0 Å². The van der Waals surface area contributed by atoms with Gasteiger partial charge in [-0.25, -0.2) is 9.97 Å². The Hall–Kier alpha value is -1.01. The molecule has 1 aromatic rings. The number of esters is 1. The molecule has 0 saturated heterocycles. The van der Waals surface area contributed by atoms with Gasteiger partial charge in [0, 0.05) is 6.07 Å². The molecule has 7 heteroatoms. The highest BCUT2D eigenvalue weighted by molar-refractivity contribution is 8.00. The van der Waals surface area contributed by atoms with Crippen molar-refractivity contribution < 1.29 is 9.53 Å². The molecule has 0 fully saturated rings. The van der Waals surface area contributed by atoms with Crippen molar-refractivity contribution in [3.8, 4) is 0 Å². The molecule has 1 unspecified atom stereocenters. The zero-order chi connectivity index (χ0) is 11.4. The fourth-order valence-electron chi connectivity index (χ4n) is 0.869. The van der Waals surface area contributed by atoms with Gasteiger partial charge in [-0.15, -0.1) is 0 Å². The molecule has 2 N–H and O–H groups in total. The number of anilines is 1. The van der Waals surface area contributed by atoms with Gasteiger partial charge >= 0.3 is 5.97 Å². The van der Waals surface area contributed by atoms with E-state index in [0.717, 1.165) is 0 Å². The molecular formula is C8H10ClN3O2S. The first-order chi connectivity index (χ1) is 7.02. The molecule has 0 aliphatic heterocycles. The van der Waals surface area contributed by atoms with Crippen LogP contribution >= 0.6 is 23.4 Å². The number of carbonyl (C=O) groups is 1. The van der Waals surface area contributed by atoms with Crippen LogP contribution in [0.15, 0.2) is 11.1 Å². The van der Waals surface area contributed by atoms with Crippen LogP contribution in [0, 0.1) is 0 Å². The van der Waals surface area contributed by atoms with Crippen molar-refractivity contribution in [1.29, 1.82) is 0 Å². The number of nitrogen functional groups attached to an aromatic ring is 1. The number of rotatable bonds is 3. The van der Waals surface area contributed by atoms with Gasteiger partial charge in [-0.1, -0.05) is 23.4 Å². The summed E-state index contributed by atoms with van der Waals surface area (Å²) in [6.45, 7) is 1.71. The molecule has 0 radical (unpaired) electrons. The van der Waals surface area contributed by atoms with Gasteiger partial charge in [0.05, 0.1) is 7.11 Å². The molecule has 0 bridgehead atoms. The molecule has 82 valence electrons. The molecule has 0 amide bonds. The number of aromatic nitrogens is 2. The highest BCUT2D eigenvalue weighted by atomic mass is 35.5. The summed E-state index contributed by atoms with van der Waals surface area (Å²) in [5.41, 5.74) is 5.41. The van der Waals surface area contributed by atoms with E-state index in [1.165, 1.54) is 18.9 Å². The van der Waals surface area contributed by atoms with Crippen molar-refractivity contribution in [3.63, 3.8) is 0 Å². The largest absolute Gasteiger partial charge is 0.468 e. The smallest absolute Gasteiger partial charge is 0.318 e. The van der Waals surface area contributed by atoms with Crippen LogP contribution in [-0.4, -0.2) is 28.3 Å². The summed E-state index contributed by atoms with van der Waals surface area (Å²) >= 11 is 6.90. The summed E-state index contributed by atoms with van der Waals surface area (Å²) in [6, 6.07) is 1.54. The number of carbonyl (C=O) groups excluding carboxylic acids is 1. The lowest BCUT2D eigenvalue weighted by Crippen LogP contribution is -2.14. The van der Waals surface area contributed by atoms with Crippen LogP contribution in [0.25, 0.3) is 0 Å². The lowest BCUT2D eigenvalue weighted by atomic mass is 10.5. The van der Waals surface area contributed by atoms with Crippen LogP contribution in [0.1, 0.15) is 6.92 Å². The van der Waals surface area contributed by atoms with Crippen LogP contribution in [-0.2, 0) is 9.53 Å². The highest BCUT2D eigenvalue weighted by Gasteiger charge is 2.15. The fourth-order valence-corrected chi connectivity index (χ4v) is 2.00. The predicted octanol–water partition coefficient (Wildman–Crippen LogP) is 1.37. The van der Waals surface area contributed by atoms with E-state index in [1.54, 1.807) is 13.0 Å². The normalized spacial score (nSPS) is 12.2. The maximum atomic E-state index is 11.1. The SMILES string of the molecule is COC(=O)C(C)Sc1cc(Cl)nc(N)n1. The Balaban J connectivity index is 2.76. The van der Waals surface area contributed by atoms with Crippen LogP contribution < -0.4 is 5.73 Å². The second kappa shape index (κ2) is 5.18. The van der Waals surface area contributed by atoms with E-state index in [0.29, 0.717) is 5.03 Å². The predicted molar refractivity (Wildman–Crippen MR) is 58.8 cm³/mol. The van der Waals surface area contributed by atoms with E-state index in [-0.39, 0.29) is 22.3 Å². The number of nitrogens with two attached hydrogens (primary N) is 1. The summed E-state index contributed by atoms with van der Waals surface area (Å²) in [5.74, 6) is -0.240. The number of halogens is 1. The molecule has 1 aromatic heterocycles. The van der Waals surface area contributed by atoms with Gasteiger partial charge in [-0.05, 0) is 6.92 Å². The zero-order valence-corrected chi connectivity index (χ0v) is 9.80. The number of ether oxygens (including phenoxy) is 1. The number of methoxy groups -OCH3 is 1. The molecule has 1 heterocycles. The second-order valence-corrected chi connectivity index (χ2v) is 4.42. The van der Waals surface area contributed by atoms with Crippen LogP contribution in [0.3, 0.4) is 0 Å². The Morgan fingerprint density at radius 1 is 1.67 bits per heavy atom. The van der Waals surface area contributed by atoms with Crippen LogP contribution in [0.4, 0.5) is 5.95 Å². The Morgan fingerprint density at radius 3 is 2.87 bits per heavy atom. The minimum atomic E-state index is -0.361. The summed E-state index contributed by atoms with van der Waals surface area (Å²) in [5, 5.41) is 0.438. The molecule has 1 atom stereocenters. The fraction of sp³-hybridized carbons (Fsp3) is 0.375. The molecule has 5 nitrogen and oxygen atoms in total. The van der Waals surface area contributed by atoms with Crippen LogP contribution in [0.2, 0.25) is 5.15 Å². The molecule has 0 spiro atoms. The number of hydrogen-bond acceptors (Lipinski definition) is 6. The van der Waals surface area contributed by atoms with E-state index in [2.05, 4.69) is 14.7 Å². The third kappa shape index (κ3) is 3.56. The van der Waals surface area contributed by atoms with E-state index in [9.17, 15) is 4.79 Å². The topological polar surface area (TPSA) is 78.1 Å². The first kappa shape index (κ1) is 12.1. The standard InChI is InChI=1S/C8H10ClN3O2S/c1-4(7(13)14-2)15-6-3-5(9)11-8(10)12-6/h3-4H,1-2H3,(H2,10,11,12). The van der Waals surface area contributed by atoms with Gasteiger partial charge in [0.2, 0.25) is 5.95 Å². The highest BCUT2D eigenvalue weighted by Crippen LogP contribution is 2.24. The van der Waals surface area contributed by atoms with Gasteiger partial charge in [0.15, 0.2) is 0 Å². The molecule has 0 aromatic carbocycles. The first-order valence-corrected chi connectivity index (χ1v) is 5.33. The minimum absolute atomic E-state index is 0.0852. The van der Waals surface area contributed by atoms with Crippen molar-refractivity contribution in [2.75, 3.05) is 12.8 Å². The second-order valence-electron chi connectivity index (χ2n) is 2.67. The third-order valence-electron chi connectivity index (χ3n) is 1.52. The van der Waals surface area contributed by atoms with Gasteiger partial charge in [-0.2, -0.15) is 0 Å². The van der Waals surface area contributed by atoms with Gasteiger partial charge in [0.25, 0.3) is 0 Å². The average Bonchev–Trinajstić information content (AvgIpc) is 2.14. The Morgan fingerprint density at radius 2 is 2.33 bits per heavy atom. The molecular weight excluding hydrogens is 238 g/mol. The van der Waals surface area contributed by atoms with Crippen molar-refractivity contribution in [2.45, 2.75) is 17.2 Å². The van der Waals surface area contributed by atoms with E-state index in [1.807, 2.05) is 0 Å².